The lowest BCUT2D eigenvalue weighted by atomic mass is 9.84. The van der Waals surface area contributed by atoms with Crippen molar-refractivity contribution in [3.05, 3.63) is 23.3 Å². The number of carbonyl (C=O) groups excluding carboxylic acids is 1. The molecule has 1 atom stereocenters. The molecule has 3 heteroatoms. The Morgan fingerprint density at radius 1 is 1.30 bits per heavy atom. The molecule has 1 aromatic rings. The number of amides is 1. The highest BCUT2D eigenvalue weighted by atomic mass is 16.1. The van der Waals surface area contributed by atoms with Gasteiger partial charge in [-0.2, -0.15) is 0 Å². The molecule has 1 amide bonds. The minimum absolute atomic E-state index is 0.0437. The van der Waals surface area contributed by atoms with Gasteiger partial charge in [0.05, 0.1) is 11.4 Å². The first-order valence-corrected chi connectivity index (χ1v) is 7.25. The van der Waals surface area contributed by atoms with Gasteiger partial charge in [0.1, 0.15) is 0 Å². The van der Waals surface area contributed by atoms with Crippen LogP contribution in [-0.2, 0) is 4.79 Å². The van der Waals surface area contributed by atoms with Crippen molar-refractivity contribution in [1.29, 1.82) is 0 Å². The molecule has 0 fully saturated rings. The fourth-order valence-corrected chi connectivity index (χ4v) is 2.63. The van der Waals surface area contributed by atoms with E-state index in [1.165, 1.54) is 0 Å². The molecule has 1 unspecified atom stereocenters. The number of aryl methyl sites for hydroxylation is 1. The maximum atomic E-state index is 12.2. The van der Waals surface area contributed by atoms with Crippen molar-refractivity contribution in [2.24, 2.45) is 11.3 Å². The molecule has 0 bridgehead atoms. The van der Waals surface area contributed by atoms with Gasteiger partial charge in [0, 0.05) is 6.42 Å². The van der Waals surface area contributed by atoms with Gasteiger partial charge >= 0.3 is 0 Å². The summed E-state index contributed by atoms with van der Waals surface area (Å²) >= 11 is 0. The van der Waals surface area contributed by atoms with Gasteiger partial charge in [-0.05, 0) is 48.8 Å². The minimum atomic E-state index is 0.0437. The van der Waals surface area contributed by atoms with Crippen LogP contribution in [0.1, 0.15) is 51.7 Å². The van der Waals surface area contributed by atoms with E-state index in [-0.39, 0.29) is 11.3 Å². The largest absolute Gasteiger partial charge is 0.397 e. The number of nitrogens with two attached hydrogens (primary N) is 1. The van der Waals surface area contributed by atoms with Gasteiger partial charge in [0.2, 0.25) is 5.91 Å². The molecule has 0 aliphatic heterocycles. The van der Waals surface area contributed by atoms with E-state index in [2.05, 4.69) is 33.0 Å². The van der Waals surface area contributed by atoms with Crippen LogP contribution in [0.4, 0.5) is 11.4 Å². The Kier molecular flexibility index (Phi) is 5.21. The number of benzene rings is 1. The highest BCUT2D eigenvalue weighted by Gasteiger charge is 2.18. The van der Waals surface area contributed by atoms with Crippen molar-refractivity contribution >= 4 is 17.3 Å². The van der Waals surface area contributed by atoms with Gasteiger partial charge < -0.3 is 11.1 Å². The van der Waals surface area contributed by atoms with Crippen molar-refractivity contribution in [2.45, 2.75) is 54.4 Å². The maximum Gasteiger partial charge on any atom is 0.224 e. The fraction of sp³-hybridized carbons (Fsp3) is 0.588. The van der Waals surface area contributed by atoms with Gasteiger partial charge in [-0.25, -0.2) is 0 Å². The third-order valence-electron chi connectivity index (χ3n) is 3.53. The SMILES string of the molecule is Cc1ccc(N)c(NC(=O)CC(C)CC(C)(C)C)c1C. The molecular weight excluding hydrogens is 248 g/mol. The molecule has 20 heavy (non-hydrogen) atoms. The molecule has 0 spiro atoms. The fourth-order valence-electron chi connectivity index (χ4n) is 2.63. The zero-order valence-electron chi connectivity index (χ0n) is 13.6. The molecule has 3 nitrogen and oxygen atoms in total. The van der Waals surface area contributed by atoms with Crippen molar-refractivity contribution in [3.63, 3.8) is 0 Å². The number of anilines is 2. The Morgan fingerprint density at radius 2 is 1.90 bits per heavy atom. The van der Waals surface area contributed by atoms with E-state index in [4.69, 9.17) is 5.73 Å². The topological polar surface area (TPSA) is 55.1 Å². The van der Waals surface area contributed by atoms with Crippen molar-refractivity contribution in [2.75, 3.05) is 11.1 Å². The second kappa shape index (κ2) is 6.29. The second-order valence-corrected chi connectivity index (χ2v) is 7.09. The third-order valence-corrected chi connectivity index (χ3v) is 3.53. The number of hydrogen-bond acceptors (Lipinski definition) is 2. The van der Waals surface area contributed by atoms with Crippen LogP contribution in [0.2, 0.25) is 0 Å². The van der Waals surface area contributed by atoms with Crippen LogP contribution < -0.4 is 11.1 Å². The predicted molar refractivity (Wildman–Crippen MR) is 86.8 cm³/mol. The molecule has 0 saturated heterocycles. The summed E-state index contributed by atoms with van der Waals surface area (Å²) < 4.78 is 0. The molecule has 0 heterocycles. The average Bonchev–Trinajstić information content (AvgIpc) is 2.27. The summed E-state index contributed by atoms with van der Waals surface area (Å²) in [4.78, 5) is 12.2. The monoisotopic (exact) mass is 276 g/mol. The first-order chi connectivity index (χ1) is 9.10. The van der Waals surface area contributed by atoms with Gasteiger partial charge in [-0.15, -0.1) is 0 Å². The maximum absolute atomic E-state index is 12.2. The van der Waals surface area contributed by atoms with Crippen molar-refractivity contribution in [3.8, 4) is 0 Å². The first-order valence-electron chi connectivity index (χ1n) is 7.25. The molecule has 0 saturated carbocycles. The smallest absolute Gasteiger partial charge is 0.224 e. The van der Waals surface area contributed by atoms with Crippen LogP contribution in [0.25, 0.3) is 0 Å². The van der Waals surface area contributed by atoms with Gasteiger partial charge in [0.15, 0.2) is 0 Å². The lowest BCUT2D eigenvalue weighted by Crippen LogP contribution is -2.20. The standard InChI is InChI=1S/C17H28N2O/c1-11(10-17(4,5)6)9-15(20)19-16-13(3)12(2)7-8-14(16)18/h7-8,11H,9-10,18H2,1-6H3,(H,19,20). The zero-order chi connectivity index (χ0) is 15.5. The van der Waals surface area contributed by atoms with E-state index in [1.54, 1.807) is 0 Å². The van der Waals surface area contributed by atoms with E-state index in [0.717, 1.165) is 23.2 Å². The third kappa shape index (κ3) is 4.87. The van der Waals surface area contributed by atoms with Crippen LogP contribution in [-0.4, -0.2) is 5.91 Å². The Hall–Kier alpha value is -1.51. The molecule has 3 N–H and O–H groups in total. The number of carbonyl (C=O) groups is 1. The van der Waals surface area contributed by atoms with E-state index >= 15 is 0 Å². The Balaban J connectivity index is 2.70. The number of nitrogen functional groups attached to an aromatic ring is 1. The summed E-state index contributed by atoms with van der Waals surface area (Å²) in [6, 6.07) is 3.82. The highest BCUT2D eigenvalue weighted by Crippen LogP contribution is 2.28. The zero-order valence-corrected chi connectivity index (χ0v) is 13.6. The molecule has 1 rings (SSSR count). The molecule has 0 aliphatic carbocycles. The Bertz CT molecular complexity index is 486. The molecule has 0 aliphatic rings. The average molecular weight is 276 g/mol. The van der Waals surface area contributed by atoms with Gasteiger partial charge in [0.25, 0.3) is 0 Å². The van der Waals surface area contributed by atoms with Crippen molar-refractivity contribution in [1.82, 2.24) is 0 Å². The van der Waals surface area contributed by atoms with Crippen LogP contribution >= 0.6 is 0 Å². The molecule has 1 aromatic carbocycles. The van der Waals surface area contributed by atoms with E-state index in [1.807, 2.05) is 26.0 Å². The second-order valence-electron chi connectivity index (χ2n) is 7.09. The molecular formula is C17H28N2O. The molecule has 0 aromatic heterocycles. The number of nitrogens with one attached hydrogen (secondary N) is 1. The summed E-state index contributed by atoms with van der Waals surface area (Å²) in [5.41, 5.74) is 9.78. The summed E-state index contributed by atoms with van der Waals surface area (Å²) in [6.07, 6.45) is 1.56. The van der Waals surface area contributed by atoms with Gasteiger partial charge in [-0.1, -0.05) is 33.8 Å². The van der Waals surface area contributed by atoms with Gasteiger partial charge in [-0.3, -0.25) is 4.79 Å². The van der Waals surface area contributed by atoms with E-state index in [9.17, 15) is 4.79 Å². The summed E-state index contributed by atoms with van der Waals surface area (Å²) in [5, 5.41) is 2.97. The molecule has 112 valence electrons. The quantitative estimate of drug-likeness (QED) is 0.806. The predicted octanol–water partition coefficient (Wildman–Crippen LogP) is 4.29. The number of rotatable bonds is 4. The number of hydrogen-bond donors (Lipinski definition) is 2. The summed E-state index contributed by atoms with van der Waals surface area (Å²) in [6.45, 7) is 12.7. The summed E-state index contributed by atoms with van der Waals surface area (Å²) in [5.74, 6) is 0.406. The lowest BCUT2D eigenvalue weighted by molar-refractivity contribution is -0.117. The Morgan fingerprint density at radius 3 is 2.45 bits per heavy atom. The van der Waals surface area contributed by atoms with Crippen LogP contribution in [0, 0.1) is 25.2 Å². The van der Waals surface area contributed by atoms with E-state index < -0.39 is 0 Å². The normalized spacial score (nSPS) is 13.1. The van der Waals surface area contributed by atoms with Crippen LogP contribution in [0.5, 0.6) is 0 Å². The first kappa shape index (κ1) is 16.5. The minimum Gasteiger partial charge on any atom is -0.397 e. The summed E-state index contributed by atoms with van der Waals surface area (Å²) in [7, 11) is 0. The van der Waals surface area contributed by atoms with Crippen LogP contribution in [0.15, 0.2) is 12.1 Å². The van der Waals surface area contributed by atoms with Crippen LogP contribution in [0.3, 0.4) is 0 Å². The highest BCUT2D eigenvalue weighted by molar-refractivity contribution is 5.95. The van der Waals surface area contributed by atoms with Crippen molar-refractivity contribution < 1.29 is 4.79 Å². The Labute approximate surface area is 122 Å². The van der Waals surface area contributed by atoms with E-state index in [0.29, 0.717) is 18.0 Å². The molecule has 0 radical (unpaired) electrons. The lowest BCUT2D eigenvalue weighted by Gasteiger charge is -2.23.